The van der Waals surface area contributed by atoms with Gasteiger partial charge in [0.25, 0.3) is 0 Å². The first-order valence-corrected chi connectivity index (χ1v) is 12.5. The van der Waals surface area contributed by atoms with Gasteiger partial charge in [-0.05, 0) is 30.4 Å². The maximum Gasteiger partial charge on any atom is 0.338 e. The van der Waals surface area contributed by atoms with Gasteiger partial charge >= 0.3 is 12.0 Å². The Bertz CT molecular complexity index is 998. The zero-order valence-electron chi connectivity index (χ0n) is 22.6. The first-order valence-electron chi connectivity index (χ1n) is 12.5. The van der Waals surface area contributed by atoms with Crippen molar-refractivity contribution in [2.45, 2.75) is 52.1 Å². The van der Waals surface area contributed by atoms with Crippen LogP contribution in [-0.2, 0) is 24.5 Å². The van der Waals surface area contributed by atoms with Crippen LogP contribution in [0.5, 0.6) is 0 Å². The second-order valence-corrected chi connectivity index (χ2v) is 10.5. The zero-order chi connectivity index (χ0) is 26.6. The lowest BCUT2D eigenvalue weighted by Gasteiger charge is -2.42. The van der Waals surface area contributed by atoms with Crippen LogP contribution in [0.15, 0.2) is 35.5 Å². The van der Waals surface area contributed by atoms with E-state index in [9.17, 15) is 14.4 Å². The monoisotopic (exact) mass is 500 g/mol. The quantitative estimate of drug-likeness (QED) is 0.579. The molecule has 2 aliphatic rings. The molecule has 0 bridgehead atoms. The summed E-state index contributed by atoms with van der Waals surface area (Å²) in [5, 5.41) is 2.99. The molecule has 0 aromatic heterocycles. The highest BCUT2D eigenvalue weighted by Crippen LogP contribution is 2.33. The topological polar surface area (TPSA) is 91.4 Å². The van der Waals surface area contributed by atoms with Crippen LogP contribution in [0, 0.1) is 0 Å². The van der Waals surface area contributed by atoms with E-state index < -0.39 is 12.0 Å². The third-order valence-corrected chi connectivity index (χ3v) is 6.86. The molecule has 2 heterocycles. The number of nitrogens with zero attached hydrogens (tertiary/aromatic N) is 3. The molecule has 0 unspecified atom stereocenters. The summed E-state index contributed by atoms with van der Waals surface area (Å²) in [5.74, 6) is -0.477. The van der Waals surface area contributed by atoms with Crippen molar-refractivity contribution in [2.24, 2.45) is 0 Å². The van der Waals surface area contributed by atoms with Gasteiger partial charge in [-0.15, -0.1) is 0 Å². The lowest BCUT2D eigenvalue weighted by molar-refractivity contribution is -0.139. The summed E-state index contributed by atoms with van der Waals surface area (Å²) in [7, 11) is 3.18. The summed E-state index contributed by atoms with van der Waals surface area (Å²) >= 11 is 0. The second-order valence-electron chi connectivity index (χ2n) is 10.5. The van der Waals surface area contributed by atoms with E-state index in [4.69, 9.17) is 9.47 Å². The molecule has 198 valence electrons. The molecule has 1 saturated heterocycles. The number of nitrogens with one attached hydrogen (secondary N) is 1. The third kappa shape index (κ3) is 6.07. The highest BCUT2D eigenvalue weighted by molar-refractivity contribution is 5.95. The van der Waals surface area contributed by atoms with E-state index in [0.717, 1.165) is 5.56 Å². The number of esters is 1. The highest BCUT2D eigenvalue weighted by atomic mass is 16.5. The van der Waals surface area contributed by atoms with Crippen molar-refractivity contribution >= 4 is 17.9 Å². The summed E-state index contributed by atoms with van der Waals surface area (Å²) in [5.41, 5.74) is 3.04. The fourth-order valence-corrected chi connectivity index (χ4v) is 4.79. The number of piperazine rings is 1. The SMILES string of the molecule is CCOC(=O)C1=C(CN2CCN(C(=O)COC)[C@@H](C)C2)N(C)C(=O)N[C@@H]1c1ccc(C(C)(C)C)cc1. The van der Waals surface area contributed by atoms with Crippen LogP contribution in [0.2, 0.25) is 0 Å². The van der Waals surface area contributed by atoms with Gasteiger partial charge in [0, 0.05) is 52.1 Å². The predicted molar refractivity (Wildman–Crippen MR) is 137 cm³/mol. The van der Waals surface area contributed by atoms with E-state index in [-0.39, 0.29) is 36.6 Å². The molecule has 2 atom stereocenters. The Morgan fingerprint density at radius 2 is 1.81 bits per heavy atom. The molecule has 0 saturated carbocycles. The number of rotatable bonds is 7. The number of carbonyl (C=O) groups is 3. The van der Waals surface area contributed by atoms with Crippen molar-refractivity contribution in [1.29, 1.82) is 0 Å². The van der Waals surface area contributed by atoms with Crippen molar-refractivity contribution in [1.82, 2.24) is 20.0 Å². The Balaban J connectivity index is 1.94. The normalized spacial score (nSPS) is 21.5. The number of ether oxygens (including phenoxy) is 2. The number of likely N-dealkylation sites (N-methyl/N-ethyl adjacent to an activating group) is 1. The number of hydrogen-bond acceptors (Lipinski definition) is 6. The van der Waals surface area contributed by atoms with Gasteiger partial charge in [0.1, 0.15) is 6.61 Å². The van der Waals surface area contributed by atoms with E-state index in [0.29, 0.717) is 37.4 Å². The van der Waals surface area contributed by atoms with Gasteiger partial charge in [-0.1, -0.05) is 45.0 Å². The number of amides is 3. The van der Waals surface area contributed by atoms with Crippen molar-refractivity contribution < 1.29 is 23.9 Å². The van der Waals surface area contributed by atoms with Crippen LogP contribution < -0.4 is 5.32 Å². The number of methoxy groups -OCH3 is 1. The first-order chi connectivity index (χ1) is 17.0. The van der Waals surface area contributed by atoms with E-state index in [1.807, 2.05) is 36.1 Å². The molecule has 1 aromatic rings. The molecule has 2 aliphatic heterocycles. The van der Waals surface area contributed by atoms with Gasteiger partial charge in [-0.25, -0.2) is 9.59 Å². The summed E-state index contributed by atoms with van der Waals surface area (Å²) in [6.07, 6.45) is 0. The van der Waals surface area contributed by atoms with Crippen molar-refractivity contribution in [3.05, 3.63) is 46.7 Å². The minimum atomic E-state index is -0.612. The minimum absolute atomic E-state index is 0.0109. The van der Waals surface area contributed by atoms with E-state index >= 15 is 0 Å². The van der Waals surface area contributed by atoms with Gasteiger partial charge in [0.05, 0.1) is 18.2 Å². The Hall–Kier alpha value is -2.91. The van der Waals surface area contributed by atoms with E-state index in [1.54, 1.807) is 14.0 Å². The Kier molecular flexibility index (Phi) is 8.79. The number of carbonyl (C=O) groups excluding carboxylic acids is 3. The predicted octanol–water partition coefficient (Wildman–Crippen LogP) is 2.68. The van der Waals surface area contributed by atoms with E-state index in [2.05, 4.69) is 31.0 Å². The van der Waals surface area contributed by atoms with Gasteiger partial charge in [-0.3, -0.25) is 14.6 Å². The standard InChI is InChI=1S/C27H40N4O5/c1-8-36-25(33)23-21(16-30-13-14-31(18(2)15-30)22(32)17-35-7)29(6)26(34)28-24(23)19-9-11-20(12-10-19)27(3,4)5/h9-12,18,24H,8,13-17H2,1-7H3,(H,28,34)/t18-,24+/m0/s1. The van der Waals surface area contributed by atoms with Crippen LogP contribution in [0.1, 0.15) is 51.8 Å². The molecule has 0 spiro atoms. The molecule has 0 radical (unpaired) electrons. The van der Waals surface area contributed by atoms with Crippen LogP contribution in [-0.4, -0.2) is 92.2 Å². The molecular weight excluding hydrogens is 460 g/mol. The maximum atomic E-state index is 13.2. The highest BCUT2D eigenvalue weighted by Gasteiger charge is 2.38. The van der Waals surface area contributed by atoms with E-state index in [1.165, 1.54) is 17.6 Å². The first kappa shape index (κ1) is 27.7. The zero-order valence-corrected chi connectivity index (χ0v) is 22.6. The third-order valence-electron chi connectivity index (χ3n) is 6.86. The second kappa shape index (κ2) is 11.4. The molecular formula is C27H40N4O5. The van der Waals surface area contributed by atoms with Gasteiger partial charge in [0.2, 0.25) is 5.91 Å². The van der Waals surface area contributed by atoms with Gasteiger partial charge < -0.3 is 19.7 Å². The average Bonchev–Trinajstić information content (AvgIpc) is 2.81. The lowest BCUT2D eigenvalue weighted by Crippen LogP contribution is -2.56. The van der Waals surface area contributed by atoms with Gasteiger partial charge in [0.15, 0.2) is 0 Å². The van der Waals surface area contributed by atoms with Crippen molar-refractivity contribution in [3.8, 4) is 0 Å². The molecule has 1 N–H and O–H groups in total. The Morgan fingerprint density at radius 3 is 2.36 bits per heavy atom. The molecule has 0 aliphatic carbocycles. The number of hydrogen-bond donors (Lipinski definition) is 1. The molecule has 9 heteroatoms. The summed E-state index contributed by atoms with van der Waals surface area (Å²) < 4.78 is 10.5. The lowest BCUT2D eigenvalue weighted by atomic mass is 9.85. The summed E-state index contributed by atoms with van der Waals surface area (Å²) in [6.45, 7) is 12.7. The number of benzene rings is 1. The minimum Gasteiger partial charge on any atom is -0.463 e. The maximum absolute atomic E-state index is 13.2. The average molecular weight is 501 g/mol. The van der Waals surface area contributed by atoms with Crippen molar-refractivity contribution in [2.75, 3.05) is 53.6 Å². The summed E-state index contributed by atoms with van der Waals surface area (Å²) in [6, 6.07) is 7.12. The molecule has 9 nitrogen and oxygen atoms in total. The fourth-order valence-electron chi connectivity index (χ4n) is 4.79. The van der Waals surface area contributed by atoms with Crippen LogP contribution in [0.4, 0.5) is 4.79 Å². The van der Waals surface area contributed by atoms with Gasteiger partial charge in [-0.2, -0.15) is 0 Å². The molecule has 36 heavy (non-hydrogen) atoms. The smallest absolute Gasteiger partial charge is 0.338 e. The molecule has 1 aromatic carbocycles. The molecule has 3 amide bonds. The van der Waals surface area contributed by atoms with Crippen LogP contribution >= 0.6 is 0 Å². The largest absolute Gasteiger partial charge is 0.463 e. The summed E-state index contributed by atoms with van der Waals surface area (Å²) in [4.78, 5) is 44.1. The Labute approximate surface area is 214 Å². The van der Waals surface area contributed by atoms with Crippen molar-refractivity contribution in [3.63, 3.8) is 0 Å². The molecule has 3 rings (SSSR count). The van der Waals surface area contributed by atoms with Crippen LogP contribution in [0.3, 0.4) is 0 Å². The number of urea groups is 1. The Morgan fingerprint density at radius 1 is 1.14 bits per heavy atom. The van der Waals surface area contributed by atoms with Crippen LogP contribution in [0.25, 0.3) is 0 Å². The fraction of sp³-hybridized carbons (Fsp3) is 0.593. The molecule has 1 fully saturated rings.